The molecule has 178 valence electrons. The molecule has 35 heavy (non-hydrogen) atoms. The number of rotatable bonds is 6. The Labute approximate surface area is 202 Å². The first-order valence-electron chi connectivity index (χ1n) is 11.7. The van der Waals surface area contributed by atoms with Gasteiger partial charge in [0, 0.05) is 32.0 Å². The number of benzene rings is 2. The Bertz CT molecular complexity index is 1300. The second-order valence-electron chi connectivity index (χ2n) is 8.65. The molecule has 1 aliphatic heterocycles. The van der Waals surface area contributed by atoms with E-state index in [2.05, 4.69) is 10.4 Å². The molecule has 2 amide bonds. The highest BCUT2D eigenvalue weighted by atomic mass is 19.1. The Hall–Kier alpha value is -4.20. The fraction of sp³-hybridized carbons (Fsp3) is 0.222. The molecule has 8 heteroatoms. The van der Waals surface area contributed by atoms with Crippen LogP contribution < -0.4 is 5.32 Å². The third-order valence-electron chi connectivity index (χ3n) is 6.28. The summed E-state index contributed by atoms with van der Waals surface area (Å²) in [5.41, 5.74) is 2.11. The zero-order valence-corrected chi connectivity index (χ0v) is 19.2. The minimum Gasteiger partial charge on any atom is -0.352 e. The maximum atomic E-state index is 13.6. The molecule has 0 bridgehead atoms. The van der Waals surface area contributed by atoms with Crippen LogP contribution in [-0.4, -0.2) is 44.2 Å². The fourth-order valence-electron chi connectivity index (χ4n) is 4.46. The Balaban J connectivity index is 1.36. The Morgan fingerprint density at radius 3 is 2.49 bits per heavy atom. The monoisotopic (exact) mass is 471 g/mol. The first kappa shape index (κ1) is 22.6. The maximum Gasteiger partial charge on any atom is 0.259 e. The normalized spacial score (nSPS) is 15.7. The number of piperidine rings is 1. The molecule has 1 unspecified atom stereocenters. The van der Waals surface area contributed by atoms with Crippen LogP contribution in [0.5, 0.6) is 0 Å². The highest BCUT2D eigenvalue weighted by Crippen LogP contribution is 2.24. The molecule has 0 saturated carbocycles. The number of amides is 2. The molecule has 0 aliphatic carbocycles. The van der Waals surface area contributed by atoms with Gasteiger partial charge in [-0.25, -0.2) is 9.07 Å². The van der Waals surface area contributed by atoms with Crippen LogP contribution >= 0.6 is 0 Å². The quantitative estimate of drug-likeness (QED) is 0.463. The SMILES string of the molecule is O=C(NCc1ccccc1)C1CCCN(C(=O)c2cnn(-c3ccc(F)cc3)c2-n2cccc2)C1. The van der Waals surface area contributed by atoms with E-state index in [1.807, 2.05) is 59.4 Å². The van der Waals surface area contributed by atoms with Gasteiger partial charge in [-0.2, -0.15) is 5.10 Å². The number of likely N-dealkylation sites (tertiary alicyclic amines) is 1. The lowest BCUT2D eigenvalue weighted by Gasteiger charge is -2.32. The minimum atomic E-state index is -0.343. The zero-order valence-electron chi connectivity index (χ0n) is 19.2. The van der Waals surface area contributed by atoms with E-state index in [-0.39, 0.29) is 23.5 Å². The number of halogens is 1. The van der Waals surface area contributed by atoms with Crippen LogP contribution in [0.1, 0.15) is 28.8 Å². The van der Waals surface area contributed by atoms with E-state index in [4.69, 9.17) is 0 Å². The first-order valence-corrected chi connectivity index (χ1v) is 11.7. The number of nitrogens with one attached hydrogen (secondary N) is 1. The van der Waals surface area contributed by atoms with Crippen molar-refractivity contribution in [1.29, 1.82) is 0 Å². The van der Waals surface area contributed by atoms with E-state index in [0.717, 1.165) is 18.4 Å². The highest BCUT2D eigenvalue weighted by Gasteiger charge is 2.31. The lowest BCUT2D eigenvalue weighted by atomic mass is 9.96. The van der Waals surface area contributed by atoms with E-state index < -0.39 is 0 Å². The van der Waals surface area contributed by atoms with Crippen molar-refractivity contribution in [2.75, 3.05) is 13.1 Å². The van der Waals surface area contributed by atoms with E-state index in [1.165, 1.54) is 12.1 Å². The van der Waals surface area contributed by atoms with Gasteiger partial charge >= 0.3 is 0 Å². The molecule has 4 aromatic rings. The molecular formula is C27H26FN5O2. The Morgan fingerprint density at radius 2 is 1.74 bits per heavy atom. The van der Waals surface area contributed by atoms with Gasteiger partial charge in [0.2, 0.25) is 5.91 Å². The van der Waals surface area contributed by atoms with Crippen molar-refractivity contribution in [2.45, 2.75) is 19.4 Å². The van der Waals surface area contributed by atoms with Crippen molar-refractivity contribution in [2.24, 2.45) is 5.92 Å². The number of carbonyl (C=O) groups is 2. The van der Waals surface area contributed by atoms with E-state index in [0.29, 0.717) is 36.7 Å². The standard InChI is InChI=1S/C27H26FN5O2/c28-22-10-12-23(13-11-22)33-26(31-14-4-5-15-31)24(18-30-33)27(35)32-16-6-9-21(19-32)25(34)29-17-20-7-2-1-3-8-20/h1-5,7-8,10-15,18,21H,6,9,16-17,19H2,(H,29,34). The van der Waals surface area contributed by atoms with Gasteiger partial charge in [0.1, 0.15) is 11.4 Å². The predicted molar refractivity (Wildman–Crippen MR) is 130 cm³/mol. The fourth-order valence-corrected chi connectivity index (χ4v) is 4.46. The van der Waals surface area contributed by atoms with E-state index >= 15 is 0 Å². The second-order valence-corrected chi connectivity index (χ2v) is 8.65. The largest absolute Gasteiger partial charge is 0.352 e. The molecule has 3 heterocycles. The number of aromatic nitrogens is 3. The Morgan fingerprint density at radius 1 is 1.00 bits per heavy atom. The van der Waals surface area contributed by atoms with Crippen LogP contribution in [0.2, 0.25) is 0 Å². The van der Waals surface area contributed by atoms with Gasteiger partial charge in [0.15, 0.2) is 5.82 Å². The minimum absolute atomic E-state index is 0.0426. The van der Waals surface area contributed by atoms with Crippen molar-refractivity contribution in [3.8, 4) is 11.5 Å². The third kappa shape index (κ3) is 4.87. The molecule has 1 N–H and O–H groups in total. The van der Waals surface area contributed by atoms with E-state index in [9.17, 15) is 14.0 Å². The van der Waals surface area contributed by atoms with Gasteiger partial charge in [-0.3, -0.25) is 9.59 Å². The summed E-state index contributed by atoms with van der Waals surface area (Å²) in [7, 11) is 0. The van der Waals surface area contributed by atoms with Gasteiger partial charge in [0.25, 0.3) is 5.91 Å². The van der Waals surface area contributed by atoms with Crippen LogP contribution in [-0.2, 0) is 11.3 Å². The topological polar surface area (TPSA) is 72.2 Å². The van der Waals surface area contributed by atoms with Crippen molar-refractivity contribution in [1.82, 2.24) is 24.6 Å². The van der Waals surface area contributed by atoms with Crippen LogP contribution in [0, 0.1) is 11.7 Å². The lowest BCUT2D eigenvalue weighted by Crippen LogP contribution is -2.45. The van der Waals surface area contributed by atoms with E-state index in [1.54, 1.807) is 27.9 Å². The summed E-state index contributed by atoms with van der Waals surface area (Å²) in [6, 6.07) is 19.5. The molecule has 5 rings (SSSR count). The lowest BCUT2D eigenvalue weighted by molar-refractivity contribution is -0.126. The number of carbonyl (C=O) groups excluding carboxylic acids is 2. The predicted octanol–water partition coefficient (Wildman–Crippen LogP) is 3.97. The molecule has 0 spiro atoms. The number of hydrogen-bond donors (Lipinski definition) is 1. The van der Waals surface area contributed by atoms with Crippen LogP contribution in [0.4, 0.5) is 4.39 Å². The summed E-state index contributed by atoms with van der Waals surface area (Å²) in [4.78, 5) is 28.2. The number of nitrogens with zero attached hydrogens (tertiary/aromatic N) is 4. The summed E-state index contributed by atoms with van der Waals surface area (Å²) in [5, 5.41) is 7.46. The molecule has 1 aliphatic rings. The molecular weight excluding hydrogens is 445 g/mol. The Kier molecular flexibility index (Phi) is 6.43. The number of hydrogen-bond acceptors (Lipinski definition) is 3. The highest BCUT2D eigenvalue weighted by molar-refractivity contribution is 5.97. The summed E-state index contributed by atoms with van der Waals surface area (Å²) < 4.78 is 16.9. The molecule has 1 fully saturated rings. The van der Waals surface area contributed by atoms with Gasteiger partial charge in [-0.05, 0) is 54.8 Å². The summed E-state index contributed by atoms with van der Waals surface area (Å²) in [5.74, 6) is -0.257. The van der Waals surface area contributed by atoms with Gasteiger partial charge in [-0.15, -0.1) is 0 Å². The van der Waals surface area contributed by atoms with Crippen LogP contribution in [0.25, 0.3) is 11.5 Å². The average Bonchev–Trinajstić information content (AvgIpc) is 3.58. The van der Waals surface area contributed by atoms with Crippen molar-refractivity contribution < 1.29 is 14.0 Å². The van der Waals surface area contributed by atoms with Gasteiger partial charge in [-0.1, -0.05) is 30.3 Å². The molecule has 2 aromatic heterocycles. The van der Waals surface area contributed by atoms with Crippen molar-refractivity contribution in [3.05, 3.63) is 102 Å². The zero-order chi connectivity index (χ0) is 24.2. The third-order valence-corrected chi connectivity index (χ3v) is 6.28. The molecule has 1 saturated heterocycles. The molecule has 0 radical (unpaired) electrons. The van der Waals surface area contributed by atoms with Crippen molar-refractivity contribution in [3.63, 3.8) is 0 Å². The maximum absolute atomic E-state index is 13.6. The molecule has 7 nitrogen and oxygen atoms in total. The summed E-state index contributed by atoms with van der Waals surface area (Å²) >= 11 is 0. The first-order chi connectivity index (χ1) is 17.1. The summed E-state index contributed by atoms with van der Waals surface area (Å²) in [6.07, 6.45) is 6.71. The molecule has 2 aromatic carbocycles. The van der Waals surface area contributed by atoms with Crippen LogP contribution in [0.15, 0.2) is 85.3 Å². The smallest absolute Gasteiger partial charge is 0.259 e. The van der Waals surface area contributed by atoms with Gasteiger partial charge in [0.05, 0.1) is 17.8 Å². The van der Waals surface area contributed by atoms with Crippen molar-refractivity contribution >= 4 is 11.8 Å². The summed E-state index contributed by atoms with van der Waals surface area (Å²) in [6.45, 7) is 1.40. The van der Waals surface area contributed by atoms with Crippen LogP contribution in [0.3, 0.4) is 0 Å². The average molecular weight is 472 g/mol. The second kappa shape index (κ2) is 9.97. The van der Waals surface area contributed by atoms with Gasteiger partial charge < -0.3 is 14.8 Å². The molecule has 1 atom stereocenters.